The highest BCUT2D eigenvalue weighted by atomic mass is 16.2. The van der Waals surface area contributed by atoms with Crippen LogP contribution in [0.3, 0.4) is 0 Å². The molecule has 5 nitrogen and oxygen atoms in total. The highest BCUT2D eigenvalue weighted by molar-refractivity contribution is 6.08. The van der Waals surface area contributed by atoms with Crippen molar-refractivity contribution in [2.45, 2.75) is 40.0 Å². The van der Waals surface area contributed by atoms with Gasteiger partial charge in [-0.25, -0.2) is 4.68 Å². The Morgan fingerprint density at radius 2 is 1.86 bits per heavy atom. The number of aryl methyl sites for hydroxylation is 4. The minimum absolute atomic E-state index is 0.0360. The summed E-state index contributed by atoms with van der Waals surface area (Å²) in [6.45, 7) is 7.91. The predicted octanol–water partition coefficient (Wildman–Crippen LogP) is 4.41. The number of benzene rings is 2. The molecule has 1 aliphatic rings. The summed E-state index contributed by atoms with van der Waals surface area (Å²) in [5, 5.41) is 7.58. The van der Waals surface area contributed by atoms with Gasteiger partial charge in [-0.2, -0.15) is 5.10 Å². The quantitative estimate of drug-likeness (QED) is 0.692. The van der Waals surface area contributed by atoms with Crippen LogP contribution in [0, 0.1) is 27.7 Å². The number of fused-ring (bicyclic) bond motifs is 1. The minimum atomic E-state index is -0.524. The largest absolute Gasteiger partial charge is 0.310 e. The van der Waals surface area contributed by atoms with Crippen molar-refractivity contribution in [1.82, 2.24) is 9.78 Å². The van der Waals surface area contributed by atoms with Gasteiger partial charge in [0, 0.05) is 17.5 Å². The Kier molecular flexibility index (Phi) is 4.38. The third kappa shape index (κ3) is 3.03. The van der Waals surface area contributed by atoms with E-state index in [1.807, 2.05) is 70.2 Å². The Morgan fingerprint density at radius 3 is 2.57 bits per heavy atom. The fourth-order valence-corrected chi connectivity index (χ4v) is 3.81. The molecule has 28 heavy (non-hydrogen) atoms. The number of anilines is 1. The lowest BCUT2D eigenvalue weighted by atomic mass is 9.85. The van der Waals surface area contributed by atoms with E-state index in [0.29, 0.717) is 11.4 Å². The molecule has 4 rings (SSSR count). The molecule has 0 spiro atoms. The van der Waals surface area contributed by atoms with Gasteiger partial charge in [0.05, 0.1) is 17.3 Å². The molecule has 3 aromatic rings. The summed E-state index contributed by atoms with van der Waals surface area (Å²) in [7, 11) is 0. The van der Waals surface area contributed by atoms with E-state index in [2.05, 4.69) is 10.4 Å². The molecular weight excluding hydrogens is 350 g/mol. The van der Waals surface area contributed by atoms with Gasteiger partial charge in [0.1, 0.15) is 5.82 Å². The summed E-state index contributed by atoms with van der Waals surface area (Å²) in [6.07, 6.45) is 0.138. The third-order valence-electron chi connectivity index (χ3n) is 5.46. The van der Waals surface area contributed by atoms with Crippen molar-refractivity contribution in [2.24, 2.45) is 0 Å². The molecule has 0 aliphatic carbocycles. The second kappa shape index (κ2) is 6.75. The molecule has 1 amide bonds. The maximum absolute atomic E-state index is 13.3. The number of rotatable bonds is 3. The molecule has 2 heterocycles. The van der Waals surface area contributed by atoms with E-state index in [1.165, 1.54) is 0 Å². The molecule has 0 bridgehead atoms. The maximum Gasteiger partial charge on any atom is 0.226 e. The molecular formula is C23H23N3O2. The first kappa shape index (κ1) is 18.2. The number of amides is 1. The van der Waals surface area contributed by atoms with Gasteiger partial charge in [0.15, 0.2) is 5.78 Å². The molecule has 2 aromatic carbocycles. The normalized spacial score (nSPS) is 15.9. The van der Waals surface area contributed by atoms with E-state index >= 15 is 0 Å². The first-order chi connectivity index (χ1) is 13.3. The smallest absolute Gasteiger partial charge is 0.226 e. The number of nitrogens with zero attached hydrogens (tertiary/aromatic N) is 2. The van der Waals surface area contributed by atoms with E-state index in [9.17, 15) is 9.59 Å². The van der Waals surface area contributed by atoms with Crippen molar-refractivity contribution in [1.29, 1.82) is 0 Å². The Labute approximate surface area is 164 Å². The Bertz CT molecular complexity index is 1110. The summed E-state index contributed by atoms with van der Waals surface area (Å²) >= 11 is 0. The summed E-state index contributed by atoms with van der Waals surface area (Å²) in [6, 6.07) is 13.6. The molecule has 1 atom stereocenters. The fraction of sp³-hybridized carbons (Fsp3) is 0.261. The van der Waals surface area contributed by atoms with Crippen LogP contribution in [-0.2, 0) is 4.79 Å². The lowest BCUT2D eigenvalue weighted by Gasteiger charge is -2.23. The molecule has 1 aliphatic heterocycles. The number of ketones is 1. The zero-order valence-corrected chi connectivity index (χ0v) is 16.5. The molecule has 0 radical (unpaired) electrons. The topological polar surface area (TPSA) is 64.0 Å². The molecule has 142 valence electrons. The minimum Gasteiger partial charge on any atom is -0.310 e. The van der Waals surface area contributed by atoms with Crippen LogP contribution in [0.5, 0.6) is 0 Å². The molecule has 0 saturated heterocycles. The summed E-state index contributed by atoms with van der Waals surface area (Å²) in [5.74, 6) is -0.125. The predicted molar refractivity (Wildman–Crippen MR) is 109 cm³/mol. The van der Waals surface area contributed by atoms with Gasteiger partial charge in [-0.15, -0.1) is 0 Å². The number of hydrogen-bond donors (Lipinski definition) is 1. The van der Waals surface area contributed by atoms with Crippen LogP contribution in [0.2, 0.25) is 0 Å². The first-order valence-electron chi connectivity index (χ1n) is 9.43. The fourth-order valence-electron chi connectivity index (χ4n) is 3.81. The molecule has 1 aromatic heterocycles. The molecule has 0 fully saturated rings. The SMILES string of the molecule is Cc1cccc(-n2nc(C)c3c2NC(=O)C[C@@H]3C(=O)c2ccc(C)c(C)c2)c1. The zero-order valence-electron chi connectivity index (χ0n) is 16.5. The van der Waals surface area contributed by atoms with Crippen LogP contribution < -0.4 is 5.32 Å². The van der Waals surface area contributed by atoms with Crippen molar-refractivity contribution < 1.29 is 9.59 Å². The number of carbonyl (C=O) groups excluding carboxylic acids is 2. The van der Waals surface area contributed by atoms with E-state index in [-0.39, 0.29) is 18.1 Å². The van der Waals surface area contributed by atoms with Crippen LogP contribution >= 0.6 is 0 Å². The van der Waals surface area contributed by atoms with Crippen LogP contribution in [0.1, 0.15) is 50.6 Å². The Morgan fingerprint density at radius 1 is 1.07 bits per heavy atom. The van der Waals surface area contributed by atoms with Crippen LogP contribution in [0.25, 0.3) is 5.69 Å². The maximum atomic E-state index is 13.3. The summed E-state index contributed by atoms with van der Waals surface area (Å²) in [5.41, 5.74) is 6.38. The average Bonchev–Trinajstić information content (AvgIpc) is 2.99. The van der Waals surface area contributed by atoms with Gasteiger partial charge in [-0.3, -0.25) is 9.59 Å². The highest BCUT2D eigenvalue weighted by Gasteiger charge is 2.36. The van der Waals surface area contributed by atoms with Gasteiger partial charge >= 0.3 is 0 Å². The van der Waals surface area contributed by atoms with Gasteiger partial charge in [-0.05, 0) is 62.6 Å². The van der Waals surface area contributed by atoms with Gasteiger partial charge in [0.25, 0.3) is 0 Å². The van der Waals surface area contributed by atoms with Crippen LogP contribution in [0.15, 0.2) is 42.5 Å². The van der Waals surface area contributed by atoms with E-state index in [0.717, 1.165) is 33.6 Å². The van der Waals surface area contributed by atoms with Crippen molar-refractivity contribution >= 4 is 17.5 Å². The first-order valence-corrected chi connectivity index (χ1v) is 9.43. The Balaban J connectivity index is 1.82. The van der Waals surface area contributed by atoms with Crippen LogP contribution in [-0.4, -0.2) is 21.5 Å². The summed E-state index contributed by atoms with van der Waals surface area (Å²) < 4.78 is 1.73. The van der Waals surface area contributed by atoms with Gasteiger partial charge in [-0.1, -0.05) is 24.3 Å². The van der Waals surface area contributed by atoms with Crippen molar-refractivity contribution in [2.75, 3.05) is 5.32 Å². The van der Waals surface area contributed by atoms with Gasteiger partial charge in [0.2, 0.25) is 5.91 Å². The van der Waals surface area contributed by atoms with Crippen molar-refractivity contribution in [3.63, 3.8) is 0 Å². The van der Waals surface area contributed by atoms with E-state index in [4.69, 9.17) is 0 Å². The van der Waals surface area contributed by atoms with E-state index < -0.39 is 5.92 Å². The highest BCUT2D eigenvalue weighted by Crippen LogP contribution is 2.38. The zero-order chi connectivity index (χ0) is 20.0. The lowest BCUT2D eigenvalue weighted by molar-refractivity contribution is -0.116. The number of nitrogens with one attached hydrogen (secondary N) is 1. The number of Topliss-reactive ketones (excluding diaryl/α,β-unsaturated/α-hetero) is 1. The number of hydrogen-bond acceptors (Lipinski definition) is 3. The monoisotopic (exact) mass is 373 g/mol. The molecule has 5 heteroatoms. The number of carbonyl (C=O) groups is 2. The Hall–Kier alpha value is -3.21. The lowest BCUT2D eigenvalue weighted by Crippen LogP contribution is -2.28. The van der Waals surface area contributed by atoms with Crippen molar-refractivity contribution in [3.8, 4) is 5.69 Å². The third-order valence-corrected chi connectivity index (χ3v) is 5.46. The molecule has 0 unspecified atom stereocenters. The van der Waals surface area contributed by atoms with Crippen molar-refractivity contribution in [3.05, 3.63) is 76.0 Å². The van der Waals surface area contributed by atoms with Gasteiger partial charge < -0.3 is 5.32 Å². The van der Waals surface area contributed by atoms with E-state index in [1.54, 1.807) is 4.68 Å². The summed E-state index contributed by atoms with van der Waals surface area (Å²) in [4.78, 5) is 25.8. The van der Waals surface area contributed by atoms with Crippen LogP contribution in [0.4, 0.5) is 5.82 Å². The molecule has 1 N–H and O–H groups in total. The average molecular weight is 373 g/mol. The second-order valence-corrected chi connectivity index (χ2v) is 7.57. The second-order valence-electron chi connectivity index (χ2n) is 7.57. The number of aromatic nitrogens is 2. The molecule has 0 saturated carbocycles. The standard InChI is InChI=1S/C23H23N3O2/c1-13-6-5-7-18(10-13)26-23-21(16(4)25-26)19(12-20(27)24-23)22(28)17-9-8-14(2)15(3)11-17/h5-11,19H,12H2,1-4H3,(H,24,27)/t19-/m0/s1.